The Labute approximate surface area is 115 Å². The van der Waals surface area contributed by atoms with E-state index in [1.807, 2.05) is 0 Å². The lowest BCUT2D eigenvalue weighted by atomic mass is 10.3. The van der Waals surface area contributed by atoms with Crippen LogP contribution in [0.15, 0.2) is 29.4 Å². The maximum absolute atomic E-state index is 13.1. The topological polar surface area (TPSA) is 114 Å². The Kier molecular flexibility index (Phi) is 4.30. The number of rotatable bonds is 6. The summed E-state index contributed by atoms with van der Waals surface area (Å²) in [5.74, 6) is -0.00812. The Morgan fingerprint density at radius 3 is 2.80 bits per heavy atom. The van der Waals surface area contributed by atoms with E-state index in [0.717, 1.165) is 12.1 Å². The van der Waals surface area contributed by atoms with Crippen LogP contribution in [0.3, 0.4) is 0 Å². The van der Waals surface area contributed by atoms with Gasteiger partial charge in [-0.15, -0.1) is 0 Å². The van der Waals surface area contributed by atoms with E-state index in [1.165, 1.54) is 12.4 Å². The van der Waals surface area contributed by atoms with Crippen LogP contribution in [0, 0.1) is 5.82 Å². The number of nitrogens with two attached hydrogens (primary N) is 1. The highest BCUT2D eigenvalue weighted by molar-refractivity contribution is 7.89. The molecule has 1 heterocycles. The fraction of sp³-hybridized carbons (Fsp3) is 0.273. The molecule has 20 heavy (non-hydrogen) atoms. The van der Waals surface area contributed by atoms with Crippen LogP contribution in [0.1, 0.15) is 12.2 Å². The number of hydrogen-bond acceptors (Lipinski definition) is 5. The highest BCUT2D eigenvalue weighted by Crippen LogP contribution is 2.15. The van der Waals surface area contributed by atoms with Gasteiger partial charge in [0.25, 0.3) is 0 Å². The van der Waals surface area contributed by atoms with Crippen LogP contribution < -0.4 is 10.5 Å². The first-order valence-corrected chi connectivity index (χ1v) is 7.36. The van der Waals surface area contributed by atoms with Crippen LogP contribution in [-0.2, 0) is 16.4 Å². The second-order valence-electron chi connectivity index (χ2n) is 4.15. The largest absolute Gasteiger partial charge is 0.399 e. The van der Waals surface area contributed by atoms with Gasteiger partial charge in [-0.05, 0) is 24.6 Å². The quantitative estimate of drug-likeness (QED) is 0.529. The van der Waals surface area contributed by atoms with Gasteiger partial charge in [0, 0.05) is 18.7 Å². The number of nitrogens with zero attached hydrogens (tertiary/aromatic N) is 2. The Bertz CT molecular complexity index is 652. The van der Waals surface area contributed by atoms with E-state index in [9.17, 15) is 12.8 Å². The lowest BCUT2D eigenvalue weighted by molar-refractivity contribution is 0.574. The minimum absolute atomic E-state index is 0.0621. The minimum atomic E-state index is -3.76. The van der Waals surface area contributed by atoms with Crippen LogP contribution in [0.25, 0.3) is 0 Å². The van der Waals surface area contributed by atoms with Gasteiger partial charge in [-0.25, -0.2) is 22.5 Å². The standard InChI is InChI=1S/C11H14FN5O2S/c12-8-4-9(13)6-10(5-8)20(18,19)16-3-1-2-11-14-7-15-17-11/h4-7,16H,1-3,13H2,(H,14,15,17). The molecule has 2 rings (SSSR count). The summed E-state index contributed by atoms with van der Waals surface area (Å²) in [7, 11) is -3.76. The van der Waals surface area contributed by atoms with Crippen molar-refractivity contribution in [1.29, 1.82) is 0 Å². The number of nitrogen functional groups attached to an aromatic ring is 1. The summed E-state index contributed by atoms with van der Waals surface area (Å²) in [5.41, 5.74) is 5.49. The van der Waals surface area contributed by atoms with Crippen molar-refractivity contribution < 1.29 is 12.8 Å². The SMILES string of the molecule is Nc1cc(F)cc(S(=O)(=O)NCCCc2ncn[nH]2)c1. The van der Waals surface area contributed by atoms with Gasteiger partial charge in [0.2, 0.25) is 10.0 Å². The van der Waals surface area contributed by atoms with Crippen LogP contribution in [0.5, 0.6) is 0 Å². The van der Waals surface area contributed by atoms with Crippen molar-refractivity contribution in [3.8, 4) is 0 Å². The second-order valence-corrected chi connectivity index (χ2v) is 5.92. The Morgan fingerprint density at radius 1 is 1.35 bits per heavy atom. The molecule has 1 aromatic heterocycles. The third kappa shape index (κ3) is 3.75. The second kappa shape index (κ2) is 5.97. The van der Waals surface area contributed by atoms with Gasteiger partial charge in [-0.2, -0.15) is 5.10 Å². The van der Waals surface area contributed by atoms with Crippen molar-refractivity contribution in [2.45, 2.75) is 17.7 Å². The Hall–Kier alpha value is -2.00. The van der Waals surface area contributed by atoms with Gasteiger partial charge in [0.05, 0.1) is 4.90 Å². The van der Waals surface area contributed by atoms with Crippen LogP contribution in [0.2, 0.25) is 0 Å². The number of aromatic amines is 1. The predicted octanol–water partition coefficient (Wildman–Crippen LogP) is 0.437. The lowest BCUT2D eigenvalue weighted by Gasteiger charge is -2.07. The van der Waals surface area contributed by atoms with Gasteiger partial charge >= 0.3 is 0 Å². The molecule has 0 atom stereocenters. The predicted molar refractivity (Wildman–Crippen MR) is 70.7 cm³/mol. The maximum Gasteiger partial charge on any atom is 0.240 e. The average Bonchev–Trinajstić information content (AvgIpc) is 2.86. The summed E-state index contributed by atoms with van der Waals surface area (Å²) >= 11 is 0. The number of halogens is 1. The van der Waals surface area contributed by atoms with Gasteiger partial charge in [-0.3, -0.25) is 5.10 Å². The summed E-state index contributed by atoms with van der Waals surface area (Å²) in [4.78, 5) is 3.74. The number of benzene rings is 1. The van der Waals surface area contributed by atoms with Crippen molar-refractivity contribution in [1.82, 2.24) is 19.9 Å². The number of hydrogen-bond donors (Lipinski definition) is 3. The maximum atomic E-state index is 13.1. The summed E-state index contributed by atoms with van der Waals surface area (Å²) < 4.78 is 39.4. The number of sulfonamides is 1. The van der Waals surface area contributed by atoms with E-state index in [2.05, 4.69) is 19.9 Å². The molecule has 0 fully saturated rings. The fourth-order valence-corrected chi connectivity index (χ4v) is 2.78. The molecule has 0 aliphatic rings. The Morgan fingerprint density at radius 2 is 2.15 bits per heavy atom. The molecule has 0 aliphatic carbocycles. The van der Waals surface area contributed by atoms with Crippen molar-refractivity contribution >= 4 is 15.7 Å². The van der Waals surface area contributed by atoms with E-state index < -0.39 is 15.8 Å². The third-order valence-corrected chi connectivity index (χ3v) is 3.99. The molecule has 9 heteroatoms. The van der Waals surface area contributed by atoms with Gasteiger partial charge in [-0.1, -0.05) is 0 Å². The normalized spacial score (nSPS) is 11.7. The van der Waals surface area contributed by atoms with Crippen molar-refractivity contribution in [3.63, 3.8) is 0 Å². The van der Waals surface area contributed by atoms with Crippen molar-refractivity contribution in [3.05, 3.63) is 36.2 Å². The highest BCUT2D eigenvalue weighted by Gasteiger charge is 2.15. The van der Waals surface area contributed by atoms with Crippen molar-refractivity contribution in [2.24, 2.45) is 0 Å². The summed E-state index contributed by atoms with van der Waals surface area (Å²) in [6, 6.07) is 3.19. The number of nitrogens with one attached hydrogen (secondary N) is 2. The van der Waals surface area contributed by atoms with Crippen LogP contribution in [-0.4, -0.2) is 30.1 Å². The van der Waals surface area contributed by atoms with Crippen LogP contribution in [0.4, 0.5) is 10.1 Å². The number of aryl methyl sites for hydroxylation is 1. The molecule has 0 aliphatic heterocycles. The summed E-state index contributed by atoms with van der Waals surface area (Å²) in [5, 5.41) is 6.36. The zero-order chi connectivity index (χ0) is 14.6. The smallest absolute Gasteiger partial charge is 0.240 e. The molecule has 108 valence electrons. The molecule has 0 saturated heterocycles. The van der Waals surface area contributed by atoms with Gasteiger partial charge < -0.3 is 5.73 Å². The molecular formula is C11H14FN5O2S. The van der Waals surface area contributed by atoms with E-state index in [1.54, 1.807) is 0 Å². The molecular weight excluding hydrogens is 285 g/mol. The molecule has 4 N–H and O–H groups in total. The lowest BCUT2D eigenvalue weighted by Crippen LogP contribution is -2.25. The summed E-state index contributed by atoms with van der Waals surface area (Å²) in [6.07, 6.45) is 2.49. The van der Waals surface area contributed by atoms with Crippen LogP contribution >= 0.6 is 0 Å². The zero-order valence-electron chi connectivity index (χ0n) is 10.5. The first-order valence-electron chi connectivity index (χ1n) is 5.87. The van der Waals surface area contributed by atoms with E-state index in [-0.39, 0.29) is 17.1 Å². The number of aromatic nitrogens is 3. The zero-order valence-corrected chi connectivity index (χ0v) is 11.3. The fourth-order valence-electron chi connectivity index (χ4n) is 1.64. The molecule has 7 nitrogen and oxygen atoms in total. The number of anilines is 1. The first kappa shape index (κ1) is 14.4. The van der Waals surface area contributed by atoms with E-state index in [4.69, 9.17) is 5.73 Å². The molecule has 1 aromatic carbocycles. The molecule has 0 saturated carbocycles. The third-order valence-electron chi connectivity index (χ3n) is 2.55. The van der Waals surface area contributed by atoms with E-state index in [0.29, 0.717) is 18.7 Å². The summed E-state index contributed by atoms with van der Waals surface area (Å²) in [6.45, 7) is 0.208. The van der Waals surface area contributed by atoms with Gasteiger partial charge in [0.1, 0.15) is 18.0 Å². The minimum Gasteiger partial charge on any atom is -0.399 e. The Balaban J connectivity index is 1.93. The molecule has 0 amide bonds. The molecule has 0 unspecified atom stereocenters. The molecule has 0 spiro atoms. The highest BCUT2D eigenvalue weighted by atomic mass is 32.2. The average molecular weight is 299 g/mol. The molecule has 2 aromatic rings. The van der Waals surface area contributed by atoms with Crippen molar-refractivity contribution in [2.75, 3.05) is 12.3 Å². The first-order chi connectivity index (χ1) is 9.47. The molecule has 0 bridgehead atoms. The number of H-pyrrole nitrogens is 1. The molecule has 0 radical (unpaired) electrons. The van der Waals surface area contributed by atoms with E-state index >= 15 is 0 Å². The van der Waals surface area contributed by atoms with Gasteiger partial charge in [0.15, 0.2) is 0 Å². The monoisotopic (exact) mass is 299 g/mol.